The van der Waals surface area contributed by atoms with E-state index in [1.165, 1.54) is 36.2 Å². The summed E-state index contributed by atoms with van der Waals surface area (Å²) >= 11 is 0. The molecule has 1 aromatic rings. The van der Waals surface area contributed by atoms with Crippen LogP contribution in [0.15, 0.2) is 29.2 Å². The van der Waals surface area contributed by atoms with Crippen LogP contribution in [-0.2, 0) is 14.9 Å². The minimum atomic E-state index is -4.16. The van der Waals surface area contributed by atoms with Gasteiger partial charge in [-0.1, -0.05) is 0 Å². The summed E-state index contributed by atoms with van der Waals surface area (Å²) in [4.78, 5) is 11.4. The molecule has 0 atom stereocenters. The van der Waals surface area contributed by atoms with Crippen molar-refractivity contribution < 1.29 is 17.8 Å². The number of carbonyl (C=O) groups excluding carboxylic acids is 1. The molecule has 76 valence electrons. The van der Waals surface area contributed by atoms with Crippen LogP contribution >= 0.6 is 0 Å². The van der Waals surface area contributed by atoms with Gasteiger partial charge in [-0.25, -0.2) is 0 Å². The topological polar surface area (TPSA) is 74.7 Å². The number of benzene rings is 1. The minimum Gasteiger partial charge on any atom is -0.318 e. The van der Waals surface area contributed by atoms with E-state index in [1.807, 2.05) is 0 Å². The van der Waals surface area contributed by atoms with Crippen molar-refractivity contribution in [2.24, 2.45) is 0 Å². The molecular weight excluding hydrogens is 206 g/mol. The fraction of sp³-hybridized carbons (Fsp3) is 0.125. The Hall–Kier alpha value is -1.40. The number of hydrogen-bond acceptors (Lipinski definition) is 3. The standard InChI is InChI=1S/C8H9NO4S/c1-9(6-10)7-2-4-8(5-3-7)14(11,12)13/h2-6H,1H3,(H,11,12,13). The van der Waals surface area contributed by atoms with Crippen LogP contribution in [0.1, 0.15) is 0 Å². The van der Waals surface area contributed by atoms with Crippen LogP contribution in [0.5, 0.6) is 0 Å². The minimum absolute atomic E-state index is 0.194. The van der Waals surface area contributed by atoms with E-state index < -0.39 is 10.1 Å². The maximum Gasteiger partial charge on any atom is 0.294 e. The second-order valence-electron chi connectivity index (χ2n) is 2.69. The first-order valence-corrected chi connectivity index (χ1v) is 5.15. The van der Waals surface area contributed by atoms with Gasteiger partial charge >= 0.3 is 0 Å². The number of anilines is 1. The maximum absolute atomic E-state index is 10.7. The van der Waals surface area contributed by atoms with Gasteiger partial charge in [0.1, 0.15) is 0 Å². The highest BCUT2D eigenvalue weighted by Crippen LogP contribution is 2.15. The summed E-state index contributed by atoms with van der Waals surface area (Å²) < 4.78 is 30.0. The molecule has 0 fully saturated rings. The number of nitrogens with zero attached hydrogens (tertiary/aromatic N) is 1. The molecule has 0 aliphatic rings. The molecule has 0 spiro atoms. The molecule has 1 N–H and O–H groups in total. The van der Waals surface area contributed by atoms with Gasteiger partial charge in [0.15, 0.2) is 0 Å². The van der Waals surface area contributed by atoms with Gasteiger partial charge in [0, 0.05) is 12.7 Å². The highest BCUT2D eigenvalue weighted by Gasteiger charge is 2.08. The number of amides is 1. The Balaban J connectivity index is 3.07. The lowest BCUT2D eigenvalue weighted by Gasteiger charge is -2.10. The number of rotatable bonds is 3. The van der Waals surface area contributed by atoms with Crippen molar-refractivity contribution in [3.8, 4) is 0 Å². The van der Waals surface area contributed by atoms with E-state index in [2.05, 4.69) is 0 Å². The summed E-state index contributed by atoms with van der Waals surface area (Å²) in [6.45, 7) is 0. The summed E-state index contributed by atoms with van der Waals surface area (Å²) in [5, 5.41) is 0. The summed E-state index contributed by atoms with van der Waals surface area (Å²) in [5.74, 6) is 0. The van der Waals surface area contributed by atoms with Crippen LogP contribution in [0.2, 0.25) is 0 Å². The summed E-state index contributed by atoms with van der Waals surface area (Å²) in [7, 11) is -2.62. The average molecular weight is 215 g/mol. The molecule has 14 heavy (non-hydrogen) atoms. The van der Waals surface area contributed by atoms with E-state index >= 15 is 0 Å². The van der Waals surface area contributed by atoms with Crippen LogP contribution in [0.4, 0.5) is 5.69 Å². The van der Waals surface area contributed by atoms with Crippen molar-refractivity contribution in [1.82, 2.24) is 0 Å². The highest BCUT2D eigenvalue weighted by molar-refractivity contribution is 7.85. The highest BCUT2D eigenvalue weighted by atomic mass is 32.2. The molecular formula is C8H9NO4S. The zero-order valence-electron chi connectivity index (χ0n) is 7.41. The molecule has 1 rings (SSSR count). The largest absolute Gasteiger partial charge is 0.318 e. The van der Waals surface area contributed by atoms with E-state index in [-0.39, 0.29) is 4.90 Å². The Labute approximate surface area is 81.7 Å². The Bertz CT molecular complexity index is 423. The lowest BCUT2D eigenvalue weighted by Crippen LogP contribution is -2.13. The van der Waals surface area contributed by atoms with Crippen molar-refractivity contribution in [3.63, 3.8) is 0 Å². The smallest absolute Gasteiger partial charge is 0.294 e. The van der Waals surface area contributed by atoms with Gasteiger partial charge in [0.05, 0.1) is 4.90 Å². The molecule has 0 aliphatic carbocycles. The van der Waals surface area contributed by atoms with Crippen molar-refractivity contribution in [1.29, 1.82) is 0 Å². The van der Waals surface area contributed by atoms with Crippen LogP contribution in [0, 0.1) is 0 Å². The fourth-order valence-corrected chi connectivity index (χ4v) is 1.39. The van der Waals surface area contributed by atoms with E-state index in [1.54, 1.807) is 0 Å². The molecule has 0 saturated heterocycles. The molecule has 5 nitrogen and oxygen atoms in total. The first kappa shape index (κ1) is 10.7. The van der Waals surface area contributed by atoms with E-state index in [9.17, 15) is 13.2 Å². The van der Waals surface area contributed by atoms with Gasteiger partial charge in [-0.3, -0.25) is 9.35 Å². The fourth-order valence-electron chi connectivity index (χ4n) is 0.914. The van der Waals surface area contributed by atoms with Gasteiger partial charge in [0.2, 0.25) is 6.41 Å². The second-order valence-corrected chi connectivity index (χ2v) is 4.11. The SMILES string of the molecule is CN(C=O)c1ccc(S(=O)(=O)O)cc1. The predicted molar refractivity (Wildman–Crippen MR) is 50.7 cm³/mol. The zero-order valence-corrected chi connectivity index (χ0v) is 8.23. The monoisotopic (exact) mass is 215 g/mol. The van der Waals surface area contributed by atoms with Crippen LogP contribution in [-0.4, -0.2) is 26.4 Å². The molecule has 0 bridgehead atoms. The van der Waals surface area contributed by atoms with Crippen LogP contribution in [0.3, 0.4) is 0 Å². The lowest BCUT2D eigenvalue weighted by atomic mass is 10.3. The second kappa shape index (κ2) is 3.77. The first-order chi connectivity index (χ1) is 6.45. The summed E-state index contributed by atoms with van der Waals surface area (Å²) in [6.07, 6.45) is 0.600. The van der Waals surface area contributed by atoms with Crippen molar-refractivity contribution in [2.75, 3.05) is 11.9 Å². The molecule has 1 aromatic carbocycles. The number of carbonyl (C=O) groups is 1. The normalized spacial score (nSPS) is 11.0. The van der Waals surface area contributed by atoms with Crippen LogP contribution < -0.4 is 4.90 Å². The maximum atomic E-state index is 10.7. The van der Waals surface area contributed by atoms with Crippen molar-refractivity contribution in [2.45, 2.75) is 4.90 Å². The molecule has 6 heteroatoms. The molecule has 0 unspecified atom stereocenters. The Morgan fingerprint density at radius 1 is 1.29 bits per heavy atom. The summed E-state index contributed by atoms with van der Waals surface area (Å²) in [5.41, 5.74) is 0.549. The zero-order chi connectivity index (χ0) is 10.8. The quantitative estimate of drug-likeness (QED) is 0.589. The van der Waals surface area contributed by atoms with E-state index in [0.29, 0.717) is 12.1 Å². The third-order valence-corrected chi connectivity index (χ3v) is 2.57. The molecule has 0 aliphatic heterocycles. The van der Waals surface area contributed by atoms with Gasteiger partial charge in [-0.2, -0.15) is 8.42 Å². The Morgan fingerprint density at radius 3 is 2.14 bits per heavy atom. The molecule has 0 heterocycles. The third kappa shape index (κ3) is 2.30. The molecule has 0 saturated carbocycles. The van der Waals surface area contributed by atoms with E-state index in [4.69, 9.17) is 4.55 Å². The first-order valence-electron chi connectivity index (χ1n) is 3.71. The van der Waals surface area contributed by atoms with Gasteiger partial charge in [0.25, 0.3) is 10.1 Å². The van der Waals surface area contributed by atoms with E-state index in [0.717, 1.165) is 0 Å². The third-order valence-electron chi connectivity index (χ3n) is 1.70. The van der Waals surface area contributed by atoms with Crippen molar-refractivity contribution >= 4 is 22.2 Å². The van der Waals surface area contributed by atoms with Gasteiger partial charge in [-0.05, 0) is 24.3 Å². The summed E-state index contributed by atoms with van der Waals surface area (Å²) in [6, 6.07) is 5.31. The lowest BCUT2D eigenvalue weighted by molar-refractivity contribution is -0.107. The molecule has 0 radical (unpaired) electrons. The Kier molecular flexibility index (Phi) is 2.87. The van der Waals surface area contributed by atoms with Gasteiger partial charge in [-0.15, -0.1) is 0 Å². The molecule has 0 aromatic heterocycles. The predicted octanol–water partition coefficient (Wildman–Crippen LogP) is 0.526. The van der Waals surface area contributed by atoms with Crippen molar-refractivity contribution in [3.05, 3.63) is 24.3 Å². The average Bonchev–Trinajstić information content (AvgIpc) is 2.15. The Morgan fingerprint density at radius 2 is 1.79 bits per heavy atom. The van der Waals surface area contributed by atoms with Crippen LogP contribution in [0.25, 0.3) is 0 Å². The number of hydrogen-bond donors (Lipinski definition) is 1. The van der Waals surface area contributed by atoms with Gasteiger partial charge < -0.3 is 4.90 Å². The molecule has 1 amide bonds.